The Labute approximate surface area is 123 Å². The van der Waals surface area contributed by atoms with Crippen molar-refractivity contribution in [3.63, 3.8) is 0 Å². The average Bonchev–Trinajstić information content (AvgIpc) is 3.12. The lowest BCUT2D eigenvalue weighted by molar-refractivity contribution is 0.230. The molecule has 2 rings (SSSR count). The Kier molecular flexibility index (Phi) is 6.07. The summed E-state index contributed by atoms with van der Waals surface area (Å²) in [4.78, 5) is 0. The summed E-state index contributed by atoms with van der Waals surface area (Å²) in [5, 5.41) is 3.31. The zero-order valence-corrected chi connectivity index (χ0v) is 13.4. The molecule has 0 radical (unpaired) electrons. The van der Waals surface area contributed by atoms with Crippen molar-refractivity contribution in [2.45, 2.75) is 32.6 Å². The summed E-state index contributed by atoms with van der Waals surface area (Å²) >= 11 is 0. The molecule has 1 heterocycles. The van der Waals surface area contributed by atoms with Gasteiger partial charge in [0.05, 0.1) is 0 Å². The predicted molar refractivity (Wildman–Crippen MR) is 79.7 cm³/mol. The summed E-state index contributed by atoms with van der Waals surface area (Å²) in [7, 11) is -1.62. The molecule has 2 fully saturated rings. The molecule has 2 aliphatic rings. The number of nitrogens with one attached hydrogen (secondary N) is 2. The van der Waals surface area contributed by atoms with Gasteiger partial charge in [0, 0.05) is 20.1 Å². The van der Waals surface area contributed by atoms with E-state index >= 15 is 0 Å². The van der Waals surface area contributed by atoms with Crippen molar-refractivity contribution in [1.29, 1.82) is 0 Å². The van der Waals surface area contributed by atoms with Crippen LogP contribution >= 0.6 is 12.4 Å². The van der Waals surface area contributed by atoms with Crippen molar-refractivity contribution >= 4 is 22.6 Å². The number of piperidine rings is 1. The third-order valence-electron chi connectivity index (χ3n) is 4.11. The third-order valence-corrected chi connectivity index (χ3v) is 5.59. The lowest BCUT2D eigenvalue weighted by Gasteiger charge is -2.34. The second kappa shape index (κ2) is 6.72. The van der Waals surface area contributed by atoms with Crippen molar-refractivity contribution in [3.8, 4) is 0 Å². The van der Waals surface area contributed by atoms with E-state index in [1.54, 1.807) is 7.05 Å². The standard InChI is InChI=1S/C12H25N3O2S.ClH/c1-12(5-7-13-8-6-12)10-14-18(16,17)15(2)9-11-3-4-11;/h11,13-14H,3-10H2,1-2H3;1H. The van der Waals surface area contributed by atoms with Gasteiger partial charge in [0.2, 0.25) is 0 Å². The smallest absolute Gasteiger partial charge is 0.279 e. The summed E-state index contributed by atoms with van der Waals surface area (Å²) in [5.74, 6) is 0.584. The molecule has 7 heteroatoms. The molecule has 1 aliphatic heterocycles. The average molecular weight is 312 g/mol. The van der Waals surface area contributed by atoms with E-state index in [4.69, 9.17) is 0 Å². The van der Waals surface area contributed by atoms with Gasteiger partial charge in [-0.25, -0.2) is 4.72 Å². The number of halogens is 1. The highest BCUT2D eigenvalue weighted by Crippen LogP contribution is 2.30. The van der Waals surface area contributed by atoms with E-state index in [1.165, 1.54) is 17.1 Å². The molecule has 0 amide bonds. The number of rotatable bonds is 6. The first-order chi connectivity index (χ1) is 8.41. The van der Waals surface area contributed by atoms with Gasteiger partial charge in [-0.3, -0.25) is 0 Å². The monoisotopic (exact) mass is 311 g/mol. The quantitative estimate of drug-likeness (QED) is 0.768. The zero-order valence-electron chi connectivity index (χ0n) is 11.8. The molecule has 0 unspecified atom stereocenters. The first kappa shape index (κ1) is 17.2. The van der Waals surface area contributed by atoms with Crippen molar-refractivity contribution in [1.82, 2.24) is 14.3 Å². The lowest BCUT2D eigenvalue weighted by Crippen LogP contribution is -2.46. The number of hydrogen-bond acceptors (Lipinski definition) is 3. The zero-order chi connectivity index (χ0) is 13.2. The minimum atomic E-state index is -3.29. The second-order valence-electron chi connectivity index (χ2n) is 6.11. The normalized spacial score (nSPS) is 23.1. The maximum atomic E-state index is 12.1. The summed E-state index contributed by atoms with van der Waals surface area (Å²) in [5.41, 5.74) is 0.0960. The van der Waals surface area contributed by atoms with Crippen LogP contribution in [0.3, 0.4) is 0 Å². The van der Waals surface area contributed by atoms with E-state index in [1.807, 2.05) is 0 Å². The molecule has 0 spiro atoms. The fourth-order valence-electron chi connectivity index (χ4n) is 2.34. The van der Waals surface area contributed by atoms with E-state index in [0.717, 1.165) is 25.9 Å². The van der Waals surface area contributed by atoms with Gasteiger partial charge in [-0.2, -0.15) is 12.7 Å². The Morgan fingerprint density at radius 1 is 1.32 bits per heavy atom. The summed E-state index contributed by atoms with van der Waals surface area (Å²) in [6.45, 7) is 5.34. The first-order valence-electron chi connectivity index (χ1n) is 6.83. The highest BCUT2D eigenvalue weighted by molar-refractivity contribution is 7.87. The second-order valence-corrected chi connectivity index (χ2v) is 7.97. The van der Waals surface area contributed by atoms with E-state index in [9.17, 15) is 8.42 Å². The topological polar surface area (TPSA) is 61.4 Å². The van der Waals surface area contributed by atoms with Gasteiger partial charge in [0.25, 0.3) is 10.2 Å². The Hall–Kier alpha value is 0.120. The lowest BCUT2D eigenvalue weighted by atomic mass is 9.81. The minimum absolute atomic E-state index is 0. The maximum Gasteiger partial charge on any atom is 0.279 e. The molecule has 0 aromatic carbocycles. The Morgan fingerprint density at radius 2 is 1.89 bits per heavy atom. The SMILES string of the molecule is CN(CC1CC1)S(=O)(=O)NCC1(C)CCNCC1.Cl. The van der Waals surface area contributed by atoms with Crippen LogP contribution < -0.4 is 10.0 Å². The molecule has 0 aromatic heterocycles. The van der Waals surface area contributed by atoms with Crippen molar-refractivity contribution in [2.24, 2.45) is 11.3 Å². The Morgan fingerprint density at radius 3 is 2.42 bits per heavy atom. The molecule has 5 nitrogen and oxygen atoms in total. The Bertz CT molecular complexity index is 378. The molecule has 1 saturated carbocycles. The van der Waals surface area contributed by atoms with Crippen LogP contribution in [0.4, 0.5) is 0 Å². The maximum absolute atomic E-state index is 12.1. The van der Waals surface area contributed by atoms with Gasteiger partial charge in [0.1, 0.15) is 0 Å². The molecule has 114 valence electrons. The predicted octanol–water partition coefficient (Wildman–Crippen LogP) is 0.974. The van der Waals surface area contributed by atoms with Crippen LogP contribution in [-0.2, 0) is 10.2 Å². The van der Waals surface area contributed by atoms with Crippen molar-refractivity contribution < 1.29 is 8.42 Å². The van der Waals surface area contributed by atoms with Crippen molar-refractivity contribution in [3.05, 3.63) is 0 Å². The molecule has 0 atom stereocenters. The summed E-state index contributed by atoms with van der Waals surface area (Å²) in [6.07, 6.45) is 4.40. The largest absolute Gasteiger partial charge is 0.317 e. The molecular formula is C12H26ClN3O2S. The van der Waals surface area contributed by atoms with Gasteiger partial charge in [-0.1, -0.05) is 6.92 Å². The highest BCUT2D eigenvalue weighted by atomic mass is 35.5. The van der Waals surface area contributed by atoms with Crippen LogP contribution in [0.15, 0.2) is 0 Å². The molecule has 2 N–H and O–H groups in total. The highest BCUT2D eigenvalue weighted by Gasteiger charge is 2.31. The molecule has 19 heavy (non-hydrogen) atoms. The molecular weight excluding hydrogens is 286 g/mol. The number of hydrogen-bond donors (Lipinski definition) is 2. The van der Waals surface area contributed by atoms with Gasteiger partial charge >= 0.3 is 0 Å². The van der Waals surface area contributed by atoms with Crippen LogP contribution in [0.25, 0.3) is 0 Å². The van der Waals surface area contributed by atoms with E-state index in [0.29, 0.717) is 19.0 Å². The van der Waals surface area contributed by atoms with Gasteiger partial charge in [-0.05, 0) is 50.1 Å². The van der Waals surface area contributed by atoms with Gasteiger partial charge < -0.3 is 5.32 Å². The molecule has 0 bridgehead atoms. The molecule has 0 aromatic rings. The van der Waals surface area contributed by atoms with Crippen LogP contribution in [0, 0.1) is 11.3 Å². The van der Waals surface area contributed by atoms with Crippen LogP contribution in [0.2, 0.25) is 0 Å². The van der Waals surface area contributed by atoms with E-state index in [2.05, 4.69) is 17.0 Å². The van der Waals surface area contributed by atoms with Crippen LogP contribution in [-0.4, -0.2) is 45.9 Å². The summed E-state index contributed by atoms with van der Waals surface area (Å²) in [6, 6.07) is 0. The van der Waals surface area contributed by atoms with Crippen LogP contribution in [0.5, 0.6) is 0 Å². The van der Waals surface area contributed by atoms with Crippen molar-refractivity contribution in [2.75, 3.05) is 33.2 Å². The van der Waals surface area contributed by atoms with Gasteiger partial charge in [0.15, 0.2) is 0 Å². The Balaban J connectivity index is 0.00000180. The minimum Gasteiger partial charge on any atom is -0.317 e. The molecule has 1 aliphatic carbocycles. The fourth-order valence-corrected chi connectivity index (χ4v) is 3.50. The van der Waals surface area contributed by atoms with Gasteiger partial charge in [-0.15, -0.1) is 12.4 Å². The fraction of sp³-hybridized carbons (Fsp3) is 1.00. The third kappa shape index (κ3) is 5.19. The van der Waals surface area contributed by atoms with Crippen LogP contribution in [0.1, 0.15) is 32.6 Å². The summed E-state index contributed by atoms with van der Waals surface area (Å²) < 4.78 is 28.4. The number of nitrogens with zero attached hydrogens (tertiary/aromatic N) is 1. The first-order valence-corrected chi connectivity index (χ1v) is 8.27. The molecule has 1 saturated heterocycles. The van der Waals surface area contributed by atoms with E-state index < -0.39 is 10.2 Å². The van der Waals surface area contributed by atoms with E-state index in [-0.39, 0.29) is 17.8 Å².